The Labute approximate surface area is 61.1 Å². The molecule has 0 aliphatic carbocycles. The van der Waals surface area contributed by atoms with Crippen LogP contribution in [0.1, 0.15) is 13.3 Å². The van der Waals surface area contributed by atoms with Crippen molar-refractivity contribution in [3.8, 4) is 0 Å². The fourth-order valence-electron chi connectivity index (χ4n) is 0.985. The van der Waals surface area contributed by atoms with Crippen molar-refractivity contribution < 1.29 is 0 Å². The summed E-state index contributed by atoms with van der Waals surface area (Å²) < 4.78 is 0. The second-order valence-corrected chi connectivity index (χ2v) is 2.59. The van der Waals surface area contributed by atoms with Gasteiger partial charge in [0.1, 0.15) is 0 Å². The number of nitrogens with zero attached hydrogens (tertiary/aromatic N) is 2. The summed E-state index contributed by atoms with van der Waals surface area (Å²) >= 11 is 0. The highest BCUT2D eigenvalue weighted by Crippen LogP contribution is 2.08. The Hall–Kier alpha value is -0.640. The van der Waals surface area contributed by atoms with Crippen molar-refractivity contribution in [2.24, 2.45) is 10.3 Å². The van der Waals surface area contributed by atoms with E-state index in [-0.39, 0.29) is 0 Å². The van der Waals surface area contributed by atoms with Gasteiger partial charge in [0.05, 0.1) is 12.1 Å². The number of hydrogen-bond acceptors (Lipinski definition) is 4. The maximum Gasteiger partial charge on any atom is 0.0956 e. The van der Waals surface area contributed by atoms with Gasteiger partial charge in [-0.25, -0.2) is 0 Å². The third-order valence-corrected chi connectivity index (χ3v) is 1.73. The molecule has 1 aliphatic heterocycles. The average molecular weight is 142 g/mol. The molecule has 0 bridgehead atoms. The van der Waals surface area contributed by atoms with Gasteiger partial charge in [0.15, 0.2) is 0 Å². The van der Waals surface area contributed by atoms with Crippen molar-refractivity contribution in [1.82, 2.24) is 10.7 Å². The van der Waals surface area contributed by atoms with Crippen LogP contribution in [0.5, 0.6) is 0 Å². The Balaban J connectivity index is 2.20. The van der Waals surface area contributed by atoms with E-state index in [0.717, 1.165) is 13.0 Å². The topological polar surface area (TPSA) is 48.8 Å². The van der Waals surface area contributed by atoms with Gasteiger partial charge in [-0.05, 0) is 26.9 Å². The zero-order valence-electron chi connectivity index (χ0n) is 6.46. The first kappa shape index (κ1) is 7.47. The molecule has 0 saturated carbocycles. The van der Waals surface area contributed by atoms with Crippen molar-refractivity contribution in [1.29, 1.82) is 0 Å². The summed E-state index contributed by atoms with van der Waals surface area (Å²) in [6, 6.07) is 0.779. The molecule has 4 heteroatoms. The average Bonchev–Trinajstić information content (AvgIpc) is 2.31. The predicted molar refractivity (Wildman–Crippen MR) is 39.8 cm³/mol. The van der Waals surface area contributed by atoms with E-state index in [1.807, 2.05) is 7.05 Å². The lowest BCUT2D eigenvalue weighted by Gasteiger charge is -2.09. The van der Waals surface area contributed by atoms with Crippen LogP contribution in [0.25, 0.3) is 0 Å². The third-order valence-electron chi connectivity index (χ3n) is 1.73. The summed E-state index contributed by atoms with van der Waals surface area (Å²) in [6.07, 6.45) is 1.06. The van der Waals surface area contributed by atoms with Crippen LogP contribution in [-0.2, 0) is 0 Å². The molecular formula is C6H14N4. The lowest BCUT2D eigenvalue weighted by Crippen LogP contribution is -2.29. The van der Waals surface area contributed by atoms with Gasteiger partial charge < -0.3 is 5.32 Å². The van der Waals surface area contributed by atoms with Crippen molar-refractivity contribution in [2.45, 2.75) is 25.4 Å². The summed E-state index contributed by atoms with van der Waals surface area (Å²) in [6.45, 7) is 3.11. The third kappa shape index (κ3) is 1.67. The molecule has 4 nitrogen and oxygen atoms in total. The monoisotopic (exact) mass is 142 g/mol. The highest BCUT2D eigenvalue weighted by atomic mass is 15.5. The maximum atomic E-state index is 4.03. The number of hydrogen-bond donors (Lipinski definition) is 2. The normalized spacial score (nSPS) is 30.6. The molecule has 2 N–H and O–H groups in total. The number of nitrogens with one attached hydrogen (secondary N) is 2. The van der Waals surface area contributed by atoms with Gasteiger partial charge in [-0.15, -0.1) is 0 Å². The van der Waals surface area contributed by atoms with Crippen LogP contribution < -0.4 is 10.7 Å². The first-order valence-electron chi connectivity index (χ1n) is 3.64. The van der Waals surface area contributed by atoms with E-state index in [4.69, 9.17) is 0 Å². The molecule has 2 atom stereocenters. The van der Waals surface area contributed by atoms with Gasteiger partial charge in [-0.2, -0.15) is 5.11 Å². The summed E-state index contributed by atoms with van der Waals surface area (Å²) in [5.41, 5.74) is 2.91. The summed E-state index contributed by atoms with van der Waals surface area (Å²) in [7, 11) is 1.95. The van der Waals surface area contributed by atoms with Crippen LogP contribution in [0.15, 0.2) is 10.3 Å². The molecular weight excluding hydrogens is 128 g/mol. The summed E-state index contributed by atoms with van der Waals surface area (Å²) in [4.78, 5) is 0. The smallest absolute Gasteiger partial charge is 0.0956 e. The van der Waals surface area contributed by atoms with E-state index >= 15 is 0 Å². The van der Waals surface area contributed by atoms with Gasteiger partial charge in [-0.3, -0.25) is 5.43 Å². The van der Waals surface area contributed by atoms with Crippen LogP contribution in [0.3, 0.4) is 0 Å². The van der Waals surface area contributed by atoms with Crippen molar-refractivity contribution in [2.75, 3.05) is 13.6 Å². The zero-order chi connectivity index (χ0) is 7.40. The highest BCUT2D eigenvalue weighted by Gasteiger charge is 2.19. The molecule has 58 valence electrons. The molecule has 1 heterocycles. The van der Waals surface area contributed by atoms with Gasteiger partial charge in [0.25, 0.3) is 0 Å². The van der Waals surface area contributed by atoms with Crippen molar-refractivity contribution >= 4 is 0 Å². The SMILES string of the molecule is CNCCC1N=NNC1C. The number of rotatable bonds is 3. The molecule has 0 aromatic rings. The van der Waals surface area contributed by atoms with E-state index in [0.29, 0.717) is 12.1 Å². The lowest BCUT2D eigenvalue weighted by molar-refractivity contribution is 0.509. The van der Waals surface area contributed by atoms with E-state index in [1.165, 1.54) is 0 Å². The Morgan fingerprint density at radius 3 is 2.90 bits per heavy atom. The molecule has 10 heavy (non-hydrogen) atoms. The molecule has 0 spiro atoms. The lowest BCUT2D eigenvalue weighted by atomic mass is 10.1. The molecule has 2 unspecified atom stereocenters. The minimum Gasteiger partial charge on any atom is -0.320 e. The quantitative estimate of drug-likeness (QED) is 0.596. The first-order chi connectivity index (χ1) is 4.84. The fourth-order valence-corrected chi connectivity index (χ4v) is 0.985. The van der Waals surface area contributed by atoms with Crippen molar-refractivity contribution in [3.05, 3.63) is 0 Å². The van der Waals surface area contributed by atoms with Gasteiger partial charge in [-0.1, -0.05) is 5.22 Å². The second-order valence-electron chi connectivity index (χ2n) is 2.59. The Bertz CT molecular complexity index is 123. The van der Waals surface area contributed by atoms with Gasteiger partial charge in [0, 0.05) is 0 Å². The molecule has 1 rings (SSSR count). The summed E-state index contributed by atoms with van der Waals surface area (Å²) in [5, 5.41) is 10.9. The Morgan fingerprint density at radius 2 is 2.40 bits per heavy atom. The van der Waals surface area contributed by atoms with E-state index in [1.54, 1.807) is 0 Å². The van der Waals surface area contributed by atoms with Crippen molar-refractivity contribution in [3.63, 3.8) is 0 Å². The first-order valence-corrected chi connectivity index (χ1v) is 3.64. The molecule has 0 saturated heterocycles. The van der Waals surface area contributed by atoms with Crippen LogP contribution >= 0.6 is 0 Å². The molecule has 0 aromatic carbocycles. The maximum absolute atomic E-state index is 4.03. The van der Waals surface area contributed by atoms with E-state index < -0.39 is 0 Å². The molecule has 1 aliphatic rings. The van der Waals surface area contributed by atoms with Crippen LogP contribution in [-0.4, -0.2) is 25.7 Å². The highest BCUT2D eigenvalue weighted by molar-refractivity contribution is 4.79. The van der Waals surface area contributed by atoms with Crippen LogP contribution in [0.4, 0.5) is 0 Å². The molecule has 0 radical (unpaired) electrons. The Kier molecular flexibility index (Phi) is 2.62. The largest absolute Gasteiger partial charge is 0.320 e. The molecule has 0 fully saturated rings. The standard InChI is InChI=1S/C6H14N4/c1-5-6(3-4-7-2)9-10-8-5/h5-7H,3-4H2,1-2H3,(H,8,9). The van der Waals surface area contributed by atoms with Gasteiger partial charge >= 0.3 is 0 Å². The van der Waals surface area contributed by atoms with E-state index in [9.17, 15) is 0 Å². The fraction of sp³-hybridized carbons (Fsp3) is 1.00. The Morgan fingerprint density at radius 1 is 1.60 bits per heavy atom. The van der Waals surface area contributed by atoms with Gasteiger partial charge in [0.2, 0.25) is 0 Å². The molecule has 0 aromatic heterocycles. The van der Waals surface area contributed by atoms with Crippen LogP contribution in [0.2, 0.25) is 0 Å². The van der Waals surface area contributed by atoms with Crippen LogP contribution in [0, 0.1) is 0 Å². The second kappa shape index (κ2) is 3.51. The van der Waals surface area contributed by atoms with E-state index in [2.05, 4.69) is 28.0 Å². The minimum absolute atomic E-state index is 0.368. The zero-order valence-corrected chi connectivity index (χ0v) is 6.46. The summed E-state index contributed by atoms with van der Waals surface area (Å²) in [5.74, 6) is 0. The minimum atomic E-state index is 0.368. The molecule has 0 amide bonds. The predicted octanol–water partition coefficient (Wildman–Crippen LogP) is 0.323.